The molecule has 0 aliphatic carbocycles. The molecule has 6 heteroatoms. The van der Waals surface area contributed by atoms with Gasteiger partial charge in [0.2, 0.25) is 5.56 Å². The third kappa shape index (κ3) is 3.32. The summed E-state index contributed by atoms with van der Waals surface area (Å²) in [6.07, 6.45) is 5.08. The van der Waals surface area contributed by atoms with Crippen LogP contribution in [0.1, 0.15) is 25.5 Å². The molecule has 5 nitrogen and oxygen atoms in total. The first-order valence-electron chi connectivity index (χ1n) is 9.18. The number of pyridine rings is 1. The predicted molar refractivity (Wildman–Crippen MR) is 102 cm³/mol. The van der Waals surface area contributed by atoms with Crippen LogP contribution in [-0.4, -0.2) is 33.9 Å². The SMILES string of the molecule is CC1CC2(C=CC(=O)N2c2cccc(F)c2)CCN1Cc1cccc(=O)[nH]1. The van der Waals surface area contributed by atoms with E-state index in [1.807, 2.05) is 12.1 Å². The number of nitrogens with one attached hydrogen (secondary N) is 1. The fraction of sp³-hybridized carbons (Fsp3) is 0.333. The standard InChI is InChI=1S/C21H22FN3O2/c1-15-13-21(10-11-24(15)14-17-5-3-7-19(26)23-17)9-8-20(27)25(21)18-6-2-4-16(22)12-18/h2-9,12,15H,10-11,13-14H2,1H3,(H,23,26). The van der Waals surface area contributed by atoms with Crippen LogP contribution in [0.25, 0.3) is 0 Å². The van der Waals surface area contributed by atoms with Crippen molar-refractivity contribution < 1.29 is 9.18 Å². The maximum atomic E-state index is 13.7. The number of anilines is 1. The second kappa shape index (κ2) is 6.78. The Hall–Kier alpha value is -2.73. The van der Waals surface area contributed by atoms with E-state index in [1.54, 1.807) is 29.2 Å². The third-order valence-corrected chi connectivity index (χ3v) is 5.57. The first kappa shape index (κ1) is 17.7. The number of benzene rings is 1. The lowest BCUT2D eigenvalue weighted by Gasteiger charge is -2.47. The van der Waals surface area contributed by atoms with Gasteiger partial charge in [-0.1, -0.05) is 18.2 Å². The minimum absolute atomic E-state index is 0.102. The van der Waals surface area contributed by atoms with Gasteiger partial charge in [0, 0.05) is 42.7 Å². The largest absolute Gasteiger partial charge is 0.325 e. The second-order valence-electron chi connectivity index (χ2n) is 7.40. The van der Waals surface area contributed by atoms with E-state index >= 15 is 0 Å². The summed E-state index contributed by atoms with van der Waals surface area (Å²) in [7, 11) is 0. The highest BCUT2D eigenvalue weighted by atomic mass is 19.1. The van der Waals surface area contributed by atoms with Crippen LogP contribution in [0.2, 0.25) is 0 Å². The molecule has 0 bridgehead atoms. The first-order valence-corrected chi connectivity index (χ1v) is 9.18. The van der Waals surface area contributed by atoms with Gasteiger partial charge in [-0.3, -0.25) is 19.4 Å². The van der Waals surface area contributed by atoms with E-state index < -0.39 is 5.54 Å². The molecular weight excluding hydrogens is 345 g/mol. The Balaban J connectivity index is 1.56. The molecule has 27 heavy (non-hydrogen) atoms. The maximum Gasteiger partial charge on any atom is 0.251 e. The monoisotopic (exact) mass is 367 g/mol. The van der Waals surface area contributed by atoms with Gasteiger partial charge < -0.3 is 4.98 Å². The number of rotatable bonds is 3. The molecule has 1 spiro atoms. The Labute approximate surface area is 157 Å². The van der Waals surface area contributed by atoms with Gasteiger partial charge in [0.1, 0.15) is 5.82 Å². The number of aromatic nitrogens is 1. The number of hydrogen-bond acceptors (Lipinski definition) is 3. The van der Waals surface area contributed by atoms with E-state index in [0.29, 0.717) is 12.2 Å². The van der Waals surface area contributed by atoms with Gasteiger partial charge in [0.05, 0.1) is 5.54 Å². The molecule has 1 fully saturated rings. The molecule has 2 aromatic rings. The molecule has 3 heterocycles. The summed E-state index contributed by atoms with van der Waals surface area (Å²) in [6, 6.07) is 11.6. The van der Waals surface area contributed by atoms with E-state index in [1.165, 1.54) is 18.2 Å². The Morgan fingerprint density at radius 1 is 1.22 bits per heavy atom. The Kier molecular flexibility index (Phi) is 4.44. The van der Waals surface area contributed by atoms with E-state index in [4.69, 9.17) is 0 Å². The molecule has 1 saturated heterocycles. The zero-order valence-corrected chi connectivity index (χ0v) is 15.2. The summed E-state index contributed by atoms with van der Waals surface area (Å²) in [5.41, 5.74) is 0.948. The first-order chi connectivity index (χ1) is 13.0. The number of carbonyl (C=O) groups excluding carboxylic acids is 1. The summed E-state index contributed by atoms with van der Waals surface area (Å²) in [4.78, 5) is 31.0. The average molecular weight is 367 g/mol. The van der Waals surface area contributed by atoms with Crippen LogP contribution in [0.3, 0.4) is 0 Å². The average Bonchev–Trinajstić information content (AvgIpc) is 2.93. The number of carbonyl (C=O) groups is 1. The van der Waals surface area contributed by atoms with Gasteiger partial charge >= 0.3 is 0 Å². The van der Waals surface area contributed by atoms with Crippen molar-refractivity contribution in [2.45, 2.75) is 37.9 Å². The molecule has 140 valence electrons. The minimum atomic E-state index is -0.426. The Bertz CT molecular complexity index is 954. The van der Waals surface area contributed by atoms with Gasteiger partial charge in [-0.15, -0.1) is 0 Å². The molecule has 2 aliphatic rings. The Morgan fingerprint density at radius 3 is 2.78 bits per heavy atom. The van der Waals surface area contributed by atoms with Gasteiger partial charge in [-0.05, 0) is 44.0 Å². The molecular formula is C21H22FN3O2. The van der Waals surface area contributed by atoms with Gasteiger partial charge in [0.15, 0.2) is 0 Å². The lowest BCUT2D eigenvalue weighted by atomic mass is 9.83. The van der Waals surface area contributed by atoms with Gasteiger partial charge in [-0.25, -0.2) is 4.39 Å². The van der Waals surface area contributed by atoms with Crippen molar-refractivity contribution >= 4 is 11.6 Å². The molecule has 2 aliphatic heterocycles. The molecule has 1 amide bonds. The van der Waals surface area contributed by atoms with Crippen LogP contribution in [0.4, 0.5) is 10.1 Å². The molecule has 2 unspecified atom stereocenters. The number of amides is 1. The van der Waals surface area contributed by atoms with Crippen molar-refractivity contribution in [3.05, 3.63) is 76.5 Å². The van der Waals surface area contributed by atoms with Crippen molar-refractivity contribution in [2.24, 2.45) is 0 Å². The summed E-state index contributed by atoms with van der Waals surface area (Å²) in [5.74, 6) is -0.450. The molecule has 4 rings (SSSR count). The van der Waals surface area contributed by atoms with Crippen LogP contribution in [-0.2, 0) is 11.3 Å². The van der Waals surface area contributed by atoms with Crippen molar-refractivity contribution in [3.63, 3.8) is 0 Å². The molecule has 1 aromatic carbocycles. The molecule has 1 N–H and O–H groups in total. The van der Waals surface area contributed by atoms with Crippen LogP contribution >= 0.6 is 0 Å². The highest BCUT2D eigenvalue weighted by Crippen LogP contribution is 2.40. The fourth-order valence-electron chi connectivity index (χ4n) is 4.29. The lowest BCUT2D eigenvalue weighted by molar-refractivity contribution is -0.114. The highest BCUT2D eigenvalue weighted by molar-refractivity contribution is 6.06. The van der Waals surface area contributed by atoms with Crippen LogP contribution < -0.4 is 10.5 Å². The third-order valence-electron chi connectivity index (χ3n) is 5.57. The summed E-state index contributed by atoms with van der Waals surface area (Å²) >= 11 is 0. The lowest BCUT2D eigenvalue weighted by Crippen LogP contribution is -2.56. The quantitative estimate of drug-likeness (QED) is 0.908. The van der Waals surface area contributed by atoms with Crippen LogP contribution in [0.5, 0.6) is 0 Å². The van der Waals surface area contributed by atoms with Gasteiger partial charge in [-0.2, -0.15) is 0 Å². The molecule has 2 atom stereocenters. The number of halogens is 1. The number of nitrogens with zero attached hydrogens (tertiary/aromatic N) is 2. The van der Waals surface area contributed by atoms with Gasteiger partial charge in [0.25, 0.3) is 5.91 Å². The second-order valence-corrected chi connectivity index (χ2v) is 7.40. The van der Waals surface area contributed by atoms with Crippen LogP contribution in [0.15, 0.2) is 59.4 Å². The normalized spacial score (nSPS) is 25.5. The number of likely N-dealkylation sites (tertiary alicyclic amines) is 1. The number of H-pyrrole nitrogens is 1. The van der Waals surface area contributed by atoms with E-state index in [9.17, 15) is 14.0 Å². The molecule has 0 saturated carbocycles. The fourth-order valence-corrected chi connectivity index (χ4v) is 4.29. The molecule has 0 radical (unpaired) electrons. The number of piperidine rings is 1. The number of hydrogen-bond donors (Lipinski definition) is 1. The van der Waals surface area contributed by atoms with Crippen LogP contribution in [0, 0.1) is 5.82 Å². The number of aromatic amines is 1. The summed E-state index contributed by atoms with van der Waals surface area (Å²) < 4.78 is 13.7. The highest BCUT2D eigenvalue weighted by Gasteiger charge is 2.46. The maximum absolute atomic E-state index is 13.7. The minimum Gasteiger partial charge on any atom is -0.325 e. The van der Waals surface area contributed by atoms with E-state index in [0.717, 1.165) is 25.1 Å². The molecule has 1 aromatic heterocycles. The summed E-state index contributed by atoms with van der Waals surface area (Å²) in [6.45, 7) is 3.56. The topological polar surface area (TPSA) is 56.4 Å². The van der Waals surface area contributed by atoms with Crippen molar-refractivity contribution in [3.8, 4) is 0 Å². The van der Waals surface area contributed by atoms with Crippen molar-refractivity contribution in [2.75, 3.05) is 11.4 Å². The Morgan fingerprint density at radius 2 is 2.04 bits per heavy atom. The smallest absolute Gasteiger partial charge is 0.251 e. The van der Waals surface area contributed by atoms with E-state index in [2.05, 4.69) is 16.8 Å². The predicted octanol–water partition coefficient (Wildman–Crippen LogP) is 2.84. The van der Waals surface area contributed by atoms with E-state index in [-0.39, 0.29) is 23.3 Å². The zero-order chi connectivity index (χ0) is 19.0. The van der Waals surface area contributed by atoms with Crippen molar-refractivity contribution in [1.29, 1.82) is 0 Å². The zero-order valence-electron chi connectivity index (χ0n) is 15.2. The van der Waals surface area contributed by atoms with Crippen molar-refractivity contribution in [1.82, 2.24) is 9.88 Å². The summed E-state index contributed by atoms with van der Waals surface area (Å²) in [5, 5.41) is 0.